The van der Waals surface area contributed by atoms with E-state index in [2.05, 4.69) is 19.3 Å². The molecule has 0 aromatic heterocycles. The number of aliphatic hydroxyl groups excluding tert-OH is 3. The van der Waals surface area contributed by atoms with E-state index in [9.17, 15) is 29.5 Å². The highest BCUT2D eigenvalue weighted by atomic mass is 31.2. The van der Waals surface area contributed by atoms with Gasteiger partial charge in [-0.3, -0.25) is 14.3 Å². The van der Waals surface area contributed by atoms with Crippen molar-refractivity contribution in [1.82, 2.24) is 19.5 Å². The number of aromatic nitrogens is 4. The van der Waals surface area contributed by atoms with Gasteiger partial charge in [0.15, 0.2) is 17.2 Å². The van der Waals surface area contributed by atoms with Crippen molar-refractivity contribution in [3.05, 3.63) is 50.0 Å². The maximum absolute atomic E-state index is 12.2. The van der Waals surface area contributed by atoms with Gasteiger partial charge in [-0.25, -0.2) is 19.2 Å². The van der Waals surface area contributed by atoms with Crippen molar-refractivity contribution in [2.24, 2.45) is 0 Å². The van der Waals surface area contributed by atoms with Gasteiger partial charge in [0.2, 0.25) is 0 Å². The van der Waals surface area contributed by atoms with Gasteiger partial charge < -0.3 is 29.7 Å². The molecule has 0 saturated heterocycles. The number of phosphoric ester groups is 1. The number of aryl methyl sites for hydroxylation is 1. The molecule has 0 saturated carbocycles. The summed E-state index contributed by atoms with van der Waals surface area (Å²) in [7, 11) is -4.92. The van der Waals surface area contributed by atoms with Crippen molar-refractivity contribution in [2.75, 3.05) is 6.61 Å². The summed E-state index contributed by atoms with van der Waals surface area (Å²) in [4.78, 5) is 54.7. The molecule has 0 aliphatic carbocycles. The molecule has 170 valence electrons. The van der Waals surface area contributed by atoms with Crippen LogP contribution in [0.4, 0.5) is 5.69 Å². The summed E-state index contributed by atoms with van der Waals surface area (Å²) in [5.41, 5.74) is -0.836. The first kappa shape index (κ1) is 23.6. The number of nitrogens with one attached hydrogen (secondary N) is 1. The summed E-state index contributed by atoms with van der Waals surface area (Å²) < 4.78 is 16.1. The van der Waals surface area contributed by atoms with E-state index in [1.54, 1.807) is 6.92 Å². The normalized spacial score (nSPS) is 14.9. The average Bonchev–Trinajstić information content (AvgIpc) is 2.70. The lowest BCUT2D eigenvalue weighted by Crippen LogP contribution is -2.42. The zero-order valence-electron chi connectivity index (χ0n) is 16.4. The monoisotopic (exact) mass is 467 g/mol. The van der Waals surface area contributed by atoms with Gasteiger partial charge in [-0.05, 0) is 24.6 Å². The molecule has 1 aromatic rings. The summed E-state index contributed by atoms with van der Waals surface area (Å²) in [5, 5.41) is 30.5. The molecule has 14 nitrogen and oxygen atoms in total. The Morgan fingerprint density at radius 2 is 1.91 bits per heavy atom. The standard InChI is InChI=1S/C17H18N5O9P/c1-7-3-9-10(4-8(7)18-2)22(15-13(19-9)16(26)21-17(27)20-15)5-11(23)14(25)12(24)6-31-32(28,29)30/h3-4,11-12,14,23-25H,5-6H2,1H3,(H,21,26,27)(H2,28,29,30). The molecule has 0 radical (unpaired) electrons. The molecule has 2 aliphatic rings. The third kappa shape index (κ3) is 4.90. The van der Waals surface area contributed by atoms with Crippen LogP contribution in [0.3, 0.4) is 0 Å². The van der Waals surface area contributed by atoms with Gasteiger partial charge in [0.1, 0.15) is 18.3 Å². The molecular formula is C17H18N5O9P. The molecule has 1 aromatic carbocycles. The topological polar surface area (TPSA) is 212 Å². The molecule has 3 unspecified atom stereocenters. The van der Waals surface area contributed by atoms with Crippen LogP contribution in [0.5, 0.6) is 0 Å². The van der Waals surface area contributed by atoms with E-state index in [0.29, 0.717) is 5.56 Å². The second kappa shape index (κ2) is 8.85. The van der Waals surface area contributed by atoms with Crippen molar-refractivity contribution in [1.29, 1.82) is 0 Å². The van der Waals surface area contributed by atoms with Crippen molar-refractivity contribution < 1.29 is 34.2 Å². The van der Waals surface area contributed by atoms with E-state index in [1.165, 1.54) is 16.7 Å². The van der Waals surface area contributed by atoms with Crippen LogP contribution in [0.2, 0.25) is 0 Å². The number of aromatic amines is 1. The molecular weight excluding hydrogens is 449 g/mol. The predicted octanol–water partition coefficient (Wildman–Crippen LogP) is -1.36. The van der Waals surface area contributed by atoms with Gasteiger partial charge in [0.25, 0.3) is 5.56 Å². The fourth-order valence-corrected chi connectivity index (χ4v) is 3.41. The van der Waals surface area contributed by atoms with Gasteiger partial charge in [-0.2, -0.15) is 4.98 Å². The Balaban J connectivity index is 2.10. The van der Waals surface area contributed by atoms with Crippen LogP contribution >= 0.6 is 7.82 Å². The molecule has 15 heteroatoms. The number of aliphatic hydroxyl groups is 3. The molecule has 0 amide bonds. The number of phosphoric acid groups is 1. The zero-order chi connectivity index (χ0) is 23.8. The minimum Gasteiger partial charge on any atom is -0.388 e. The maximum Gasteiger partial charge on any atom is 0.469 e. The van der Waals surface area contributed by atoms with Gasteiger partial charge in [-0.1, -0.05) is 0 Å². The highest BCUT2D eigenvalue weighted by Gasteiger charge is 2.30. The molecule has 32 heavy (non-hydrogen) atoms. The number of hydrogen-bond donors (Lipinski definition) is 6. The van der Waals surface area contributed by atoms with E-state index < -0.39 is 50.5 Å². The number of hydrogen-bond acceptors (Lipinski definition) is 9. The third-order valence-corrected chi connectivity index (χ3v) is 5.10. The fraction of sp³-hybridized carbons (Fsp3) is 0.353. The molecule has 6 N–H and O–H groups in total. The lowest BCUT2D eigenvalue weighted by molar-refractivity contribution is -0.0793. The Morgan fingerprint density at radius 3 is 2.53 bits per heavy atom. The first-order chi connectivity index (χ1) is 14.9. The summed E-state index contributed by atoms with van der Waals surface area (Å²) in [6, 6.07) is 2.93. The predicted molar refractivity (Wildman–Crippen MR) is 108 cm³/mol. The summed E-state index contributed by atoms with van der Waals surface area (Å²) >= 11 is 0. The lowest BCUT2D eigenvalue weighted by Gasteiger charge is -2.25. The minimum atomic E-state index is -4.92. The number of benzene rings is 1. The Bertz CT molecular complexity index is 1340. The number of nitrogens with zero attached hydrogens (tertiary/aromatic N) is 4. The maximum atomic E-state index is 12.2. The second-order valence-corrected chi connectivity index (χ2v) is 8.16. The van der Waals surface area contributed by atoms with E-state index in [0.717, 1.165) is 0 Å². The molecule has 3 rings (SSSR count). The Labute approximate surface area is 178 Å². The van der Waals surface area contributed by atoms with Crippen molar-refractivity contribution in [3.8, 4) is 11.5 Å². The van der Waals surface area contributed by atoms with Gasteiger partial charge in [0.05, 0.1) is 30.8 Å². The fourth-order valence-electron chi connectivity index (χ4n) is 3.06. The van der Waals surface area contributed by atoms with Gasteiger partial charge in [-0.15, -0.1) is 0 Å². The summed E-state index contributed by atoms with van der Waals surface area (Å²) in [6.07, 6.45) is -5.59. The van der Waals surface area contributed by atoms with Crippen molar-refractivity contribution in [3.63, 3.8) is 0 Å². The van der Waals surface area contributed by atoms with Crippen LogP contribution < -0.4 is 11.2 Å². The zero-order valence-corrected chi connectivity index (χ0v) is 17.3. The highest BCUT2D eigenvalue weighted by Crippen LogP contribution is 2.36. The largest absolute Gasteiger partial charge is 0.469 e. The van der Waals surface area contributed by atoms with Crippen molar-refractivity contribution >= 4 is 24.5 Å². The van der Waals surface area contributed by atoms with Gasteiger partial charge >= 0.3 is 13.5 Å². The van der Waals surface area contributed by atoms with E-state index in [4.69, 9.17) is 16.4 Å². The molecule has 0 fully saturated rings. The number of H-pyrrole nitrogens is 1. The first-order valence-electron chi connectivity index (χ1n) is 8.98. The first-order valence-corrected chi connectivity index (χ1v) is 10.5. The second-order valence-electron chi connectivity index (χ2n) is 6.92. The van der Waals surface area contributed by atoms with Crippen LogP contribution in [0.25, 0.3) is 27.4 Å². The van der Waals surface area contributed by atoms with Crippen LogP contribution in [-0.2, 0) is 15.6 Å². The number of rotatable bonds is 7. The molecule has 0 spiro atoms. The van der Waals surface area contributed by atoms with Crippen LogP contribution in [0, 0.1) is 13.5 Å². The minimum absolute atomic E-state index is 0.207. The Hall–Kier alpha value is -3.02. The van der Waals surface area contributed by atoms with E-state index >= 15 is 0 Å². The molecule has 0 bridgehead atoms. The van der Waals surface area contributed by atoms with E-state index in [1.807, 2.05) is 4.98 Å². The van der Waals surface area contributed by atoms with E-state index in [-0.39, 0.29) is 28.2 Å². The third-order valence-electron chi connectivity index (χ3n) is 4.62. The lowest BCUT2D eigenvalue weighted by atomic mass is 10.1. The smallest absolute Gasteiger partial charge is 0.388 e. The van der Waals surface area contributed by atoms with Gasteiger partial charge in [0, 0.05) is 0 Å². The van der Waals surface area contributed by atoms with Crippen LogP contribution in [0.1, 0.15) is 5.56 Å². The highest BCUT2D eigenvalue weighted by molar-refractivity contribution is 7.46. The average molecular weight is 467 g/mol. The SMILES string of the molecule is [C-]#[N+]c1cc2c(cc1C)nc1c(=O)[nH]c(=O)nc-1n2CC(O)C(O)C(O)COP(=O)(O)O. The Kier molecular flexibility index (Phi) is 6.54. The molecule has 2 heterocycles. The molecule has 3 atom stereocenters. The summed E-state index contributed by atoms with van der Waals surface area (Å²) in [6.45, 7) is 7.45. The quantitative estimate of drug-likeness (QED) is 0.136. The Morgan fingerprint density at radius 1 is 1.22 bits per heavy atom. The van der Waals surface area contributed by atoms with Crippen LogP contribution in [-0.4, -0.2) is 69.5 Å². The summed E-state index contributed by atoms with van der Waals surface area (Å²) in [5.74, 6) is -0.238. The van der Waals surface area contributed by atoms with Crippen LogP contribution in [0.15, 0.2) is 21.7 Å². The molecule has 2 aliphatic heterocycles. The number of fused-ring (bicyclic) bond motifs is 2. The van der Waals surface area contributed by atoms with Crippen molar-refractivity contribution in [2.45, 2.75) is 31.8 Å².